The van der Waals surface area contributed by atoms with Crippen LogP contribution in [0.5, 0.6) is 0 Å². The third-order valence-corrected chi connectivity index (χ3v) is 7.17. The third kappa shape index (κ3) is 2.86. The number of rotatable bonds is 3. The van der Waals surface area contributed by atoms with Crippen LogP contribution in [-0.4, -0.2) is 11.5 Å². The van der Waals surface area contributed by atoms with Gasteiger partial charge in [-0.2, -0.15) is 0 Å². The van der Waals surface area contributed by atoms with Crippen LogP contribution in [0.15, 0.2) is 23.2 Å². The number of hydrogen-bond acceptors (Lipinski definition) is 2. The summed E-state index contributed by atoms with van der Waals surface area (Å²) in [5.41, 5.74) is 4.61. The molecule has 0 amide bonds. The van der Waals surface area contributed by atoms with Gasteiger partial charge in [-0.3, -0.25) is 4.79 Å². The van der Waals surface area contributed by atoms with Gasteiger partial charge in [-0.05, 0) is 47.6 Å². The number of ketones is 1. The van der Waals surface area contributed by atoms with Gasteiger partial charge in [-0.1, -0.05) is 71.6 Å². The molecule has 0 spiro atoms. The number of aliphatic imine (C=N–C) groups is 1. The van der Waals surface area contributed by atoms with Crippen LogP contribution in [0.3, 0.4) is 0 Å². The molecule has 0 saturated heterocycles. The Morgan fingerprint density at radius 2 is 1.46 bits per heavy atom. The van der Waals surface area contributed by atoms with Gasteiger partial charge in [0.1, 0.15) is 0 Å². The molecule has 0 heterocycles. The van der Waals surface area contributed by atoms with Crippen molar-refractivity contribution in [3.63, 3.8) is 0 Å². The van der Waals surface area contributed by atoms with Crippen LogP contribution >= 0.6 is 0 Å². The monoisotopic (exact) mass is 351 g/mol. The van der Waals surface area contributed by atoms with Crippen molar-refractivity contribution in [2.45, 2.75) is 78.1 Å². The first-order valence-electron chi connectivity index (χ1n) is 10.7. The Kier molecular flexibility index (Phi) is 4.79. The highest BCUT2D eigenvalue weighted by Gasteiger charge is 2.53. The molecule has 1 aromatic carbocycles. The summed E-state index contributed by atoms with van der Waals surface area (Å²) in [6, 6.07) is 6.55. The molecule has 2 heteroatoms. The van der Waals surface area contributed by atoms with E-state index in [4.69, 9.17) is 4.99 Å². The Morgan fingerprint density at radius 1 is 0.885 bits per heavy atom. The lowest BCUT2D eigenvalue weighted by Gasteiger charge is -2.39. The number of carbonyl (C=O) groups excluding carboxylic acids is 1. The Hall–Kier alpha value is -1.44. The fraction of sp³-hybridized carbons (Fsp3) is 0.667. The fourth-order valence-electron chi connectivity index (χ4n) is 5.95. The van der Waals surface area contributed by atoms with Crippen molar-refractivity contribution < 1.29 is 4.79 Å². The molecule has 0 aromatic heterocycles. The Bertz CT molecular complexity index is 701. The number of carbonyl (C=O) groups is 1. The van der Waals surface area contributed by atoms with Crippen LogP contribution in [-0.2, 0) is 4.79 Å². The van der Waals surface area contributed by atoms with Crippen LogP contribution < -0.4 is 0 Å². The van der Waals surface area contributed by atoms with Gasteiger partial charge in [-0.15, -0.1) is 0 Å². The molecule has 3 fully saturated rings. The van der Waals surface area contributed by atoms with Gasteiger partial charge in [-0.25, -0.2) is 4.99 Å². The molecule has 0 bridgehead atoms. The van der Waals surface area contributed by atoms with E-state index in [1.807, 2.05) is 0 Å². The fourth-order valence-corrected chi connectivity index (χ4v) is 5.95. The number of para-hydroxylation sites is 1. The quantitative estimate of drug-likeness (QED) is 0.617. The molecule has 2 nitrogen and oxygen atoms in total. The molecular formula is C24H33NO. The van der Waals surface area contributed by atoms with Crippen molar-refractivity contribution in [1.82, 2.24) is 0 Å². The van der Waals surface area contributed by atoms with Crippen LogP contribution in [0.4, 0.5) is 5.69 Å². The van der Waals surface area contributed by atoms with E-state index in [-0.39, 0.29) is 5.92 Å². The maximum atomic E-state index is 13.3. The molecule has 4 unspecified atom stereocenters. The zero-order valence-electron chi connectivity index (χ0n) is 16.8. The zero-order valence-corrected chi connectivity index (χ0v) is 16.8. The normalized spacial score (nSPS) is 32.5. The summed E-state index contributed by atoms with van der Waals surface area (Å²) in [7, 11) is 0. The molecule has 1 aromatic rings. The van der Waals surface area contributed by atoms with E-state index in [1.165, 1.54) is 43.2 Å². The largest absolute Gasteiger partial charge is 0.292 e. The van der Waals surface area contributed by atoms with E-state index in [2.05, 4.69) is 45.9 Å². The third-order valence-electron chi connectivity index (χ3n) is 7.17. The molecule has 4 rings (SSSR count). The minimum Gasteiger partial charge on any atom is -0.292 e. The molecule has 0 aliphatic heterocycles. The molecule has 3 saturated carbocycles. The van der Waals surface area contributed by atoms with Gasteiger partial charge in [0.2, 0.25) is 0 Å². The second-order valence-electron chi connectivity index (χ2n) is 9.37. The van der Waals surface area contributed by atoms with E-state index in [9.17, 15) is 4.79 Å². The lowest BCUT2D eigenvalue weighted by Crippen LogP contribution is -2.33. The first-order chi connectivity index (χ1) is 12.5. The summed E-state index contributed by atoms with van der Waals surface area (Å²) < 4.78 is 0. The van der Waals surface area contributed by atoms with E-state index < -0.39 is 0 Å². The Morgan fingerprint density at radius 3 is 2.04 bits per heavy atom. The number of nitrogens with zero attached hydrogens (tertiary/aromatic N) is 1. The molecule has 26 heavy (non-hydrogen) atoms. The standard InChI is InChI=1S/C24H33NO/c1-14(2)17-10-7-11-18(15(3)4)22(17)25-23-19-12-5-8-16-9-6-13-20(21(16)19)24(23)26/h7,10-11,14-16,19-21H,5-6,8-9,12-13H2,1-4H3. The van der Waals surface area contributed by atoms with Crippen molar-refractivity contribution >= 4 is 17.2 Å². The Labute approximate surface area is 158 Å². The van der Waals surface area contributed by atoms with E-state index in [0.717, 1.165) is 23.7 Å². The molecule has 140 valence electrons. The summed E-state index contributed by atoms with van der Waals surface area (Å²) in [5.74, 6) is 3.29. The van der Waals surface area contributed by atoms with Gasteiger partial charge in [0.25, 0.3) is 0 Å². The van der Waals surface area contributed by atoms with Crippen LogP contribution in [0.2, 0.25) is 0 Å². The highest BCUT2D eigenvalue weighted by molar-refractivity contribution is 6.44. The number of hydrogen-bond donors (Lipinski definition) is 0. The smallest absolute Gasteiger partial charge is 0.180 e. The maximum absolute atomic E-state index is 13.3. The first kappa shape index (κ1) is 17.9. The lowest BCUT2D eigenvalue weighted by atomic mass is 9.65. The predicted octanol–water partition coefficient (Wildman–Crippen LogP) is 6.42. The summed E-state index contributed by atoms with van der Waals surface area (Å²) in [5, 5.41) is 0. The van der Waals surface area contributed by atoms with E-state index >= 15 is 0 Å². The summed E-state index contributed by atoms with van der Waals surface area (Å²) in [6.45, 7) is 8.93. The highest BCUT2D eigenvalue weighted by atomic mass is 16.1. The average Bonchev–Trinajstić information content (AvgIpc) is 2.90. The maximum Gasteiger partial charge on any atom is 0.180 e. The summed E-state index contributed by atoms with van der Waals surface area (Å²) in [4.78, 5) is 18.5. The van der Waals surface area contributed by atoms with E-state index in [1.54, 1.807) is 0 Å². The zero-order chi connectivity index (χ0) is 18.4. The average molecular weight is 352 g/mol. The predicted molar refractivity (Wildman–Crippen MR) is 108 cm³/mol. The van der Waals surface area contributed by atoms with Crippen LogP contribution in [0, 0.1) is 23.7 Å². The van der Waals surface area contributed by atoms with Crippen molar-refractivity contribution in [2.24, 2.45) is 28.7 Å². The van der Waals surface area contributed by atoms with Gasteiger partial charge in [0.15, 0.2) is 5.78 Å². The van der Waals surface area contributed by atoms with Crippen molar-refractivity contribution in [1.29, 1.82) is 0 Å². The molecule has 3 aliphatic carbocycles. The lowest BCUT2D eigenvalue weighted by molar-refractivity contribution is -0.118. The topological polar surface area (TPSA) is 29.4 Å². The van der Waals surface area contributed by atoms with Crippen LogP contribution in [0.1, 0.15) is 89.2 Å². The Balaban J connectivity index is 1.82. The number of Topliss-reactive ketones (excluding diaryl/α,β-unsaturated/α-hetero) is 1. The number of benzene rings is 1. The second-order valence-corrected chi connectivity index (χ2v) is 9.37. The summed E-state index contributed by atoms with van der Waals surface area (Å²) in [6.07, 6.45) is 7.43. The first-order valence-corrected chi connectivity index (χ1v) is 10.7. The molecule has 0 N–H and O–H groups in total. The van der Waals surface area contributed by atoms with Crippen molar-refractivity contribution in [3.05, 3.63) is 29.3 Å². The van der Waals surface area contributed by atoms with Crippen molar-refractivity contribution in [2.75, 3.05) is 0 Å². The van der Waals surface area contributed by atoms with Crippen LogP contribution in [0.25, 0.3) is 0 Å². The minimum atomic E-state index is 0.270. The van der Waals surface area contributed by atoms with Gasteiger partial charge < -0.3 is 0 Å². The molecule has 0 radical (unpaired) electrons. The highest BCUT2D eigenvalue weighted by Crippen LogP contribution is 2.52. The van der Waals surface area contributed by atoms with Gasteiger partial charge >= 0.3 is 0 Å². The molecular weight excluding hydrogens is 318 g/mol. The minimum absolute atomic E-state index is 0.270. The van der Waals surface area contributed by atoms with Gasteiger partial charge in [0, 0.05) is 11.8 Å². The van der Waals surface area contributed by atoms with Crippen molar-refractivity contribution in [3.8, 4) is 0 Å². The van der Waals surface area contributed by atoms with Gasteiger partial charge in [0.05, 0.1) is 11.4 Å². The SMILES string of the molecule is CC(C)c1cccc(C(C)C)c1N=C1C(=O)C2CCCC3CCCC1C32. The van der Waals surface area contributed by atoms with E-state index in [0.29, 0.717) is 29.5 Å². The molecule has 3 aliphatic rings. The summed E-state index contributed by atoms with van der Waals surface area (Å²) >= 11 is 0. The second kappa shape index (κ2) is 6.94. The molecule has 4 atom stereocenters.